The van der Waals surface area contributed by atoms with Crippen molar-refractivity contribution in [3.05, 3.63) is 17.0 Å². The summed E-state index contributed by atoms with van der Waals surface area (Å²) < 4.78 is 0. The molecule has 2 N–H and O–H groups in total. The number of amides is 2. The van der Waals surface area contributed by atoms with Crippen LogP contribution in [0.25, 0.3) is 0 Å². The zero-order chi connectivity index (χ0) is 12.4. The Morgan fingerprint density at radius 2 is 2.29 bits per heavy atom. The fraction of sp³-hybridized carbons (Fsp3) is 0.455. The number of aliphatic hydroxyl groups excluding tert-OH is 1. The summed E-state index contributed by atoms with van der Waals surface area (Å²) in [6.07, 6.45) is 0.226. The van der Waals surface area contributed by atoms with Gasteiger partial charge in [-0.3, -0.25) is 9.59 Å². The quantitative estimate of drug-likeness (QED) is 0.824. The molecule has 1 atom stereocenters. The summed E-state index contributed by atoms with van der Waals surface area (Å²) in [5.74, 6) is -0.231. The van der Waals surface area contributed by atoms with E-state index in [1.165, 1.54) is 18.3 Å². The van der Waals surface area contributed by atoms with Gasteiger partial charge in [0.1, 0.15) is 0 Å². The maximum Gasteiger partial charge on any atom is 0.264 e. The number of nitrogens with one attached hydrogen (secondary N) is 1. The molecule has 2 heterocycles. The first kappa shape index (κ1) is 12.1. The molecule has 5 nitrogen and oxygen atoms in total. The van der Waals surface area contributed by atoms with Crippen LogP contribution in [-0.2, 0) is 4.79 Å². The van der Waals surface area contributed by atoms with Crippen LogP contribution in [0.2, 0.25) is 0 Å². The lowest BCUT2D eigenvalue weighted by Crippen LogP contribution is -2.28. The van der Waals surface area contributed by atoms with E-state index in [0.717, 1.165) is 0 Å². The molecule has 0 aromatic carbocycles. The summed E-state index contributed by atoms with van der Waals surface area (Å²) in [5, 5.41) is 12.7. The van der Waals surface area contributed by atoms with E-state index >= 15 is 0 Å². The smallest absolute Gasteiger partial charge is 0.264 e. The zero-order valence-corrected chi connectivity index (χ0v) is 10.3. The highest BCUT2D eigenvalue weighted by molar-refractivity contribution is 7.18. The van der Waals surface area contributed by atoms with E-state index in [4.69, 9.17) is 0 Å². The molecule has 0 aliphatic carbocycles. The molecule has 1 fully saturated rings. The van der Waals surface area contributed by atoms with Gasteiger partial charge >= 0.3 is 0 Å². The van der Waals surface area contributed by atoms with E-state index in [2.05, 4.69) is 5.32 Å². The number of hydrogen-bond donors (Lipinski definition) is 2. The van der Waals surface area contributed by atoms with E-state index in [1.807, 2.05) is 0 Å². The summed E-state index contributed by atoms with van der Waals surface area (Å²) >= 11 is 1.25. The highest BCUT2D eigenvalue weighted by Gasteiger charge is 2.26. The van der Waals surface area contributed by atoms with Gasteiger partial charge in [-0.05, 0) is 18.6 Å². The SMILES string of the molecule is CC(=O)Nc1ccc(C(=O)N2CC[C@H](O)C2)s1. The number of carbonyl (C=O) groups excluding carboxylic acids is 2. The second kappa shape index (κ2) is 4.85. The van der Waals surface area contributed by atoms with Crippen LogP contribution in [0.4, 0.5) is 5.00 Å². The third kappa shape index (κ3) is 2.83. The van der Waals surface area contributed by atoms with E-state index in [9.17, 15) is 14.7 Å². The molecule has 17 heavy (non-hydrogen) atoms. The second-order valence-corrected chi connectivity index (χ2v) is 5.12. The topological polar surface area (TPSA) is 69.6 Å². The summed E-state index contributed by atoms with van der Waals surface area (Å²) in [6.45, 7) is 2.41. The zero-order valence-electron chi connectivity index (χ0n) is 9.47. The van der Waals surface area contributed by atoms with Crippen LogP contribution < -0.4 is 5.32 Å². The molecule has 1 aliphatic heterocycles. The molecule has 0 unspecified atom stereocenters. The molecule has 2 amide bonds. The molecule has 2 rings (SSSR count). The van der Waals surface area contributed by atoms with Crippen molar-refractivity contribution < 1.29 is 14.7 Å². The molecular formula is C11H14N2O3S. The van der Waals surface area contributed by atoms with Crippen molar-refractivity contribution in [2.75, 3.05) is 18.4 Å². The van der Waals surface area contributed by atoms with Crippen LogP contribution in [0.1, 0.15) is 23.0 Å². The fourth-order valence-corrected chi connectivity index (χ4v) is 2.70. The van der Waals surface area contributed by atoms with Gasteiger partial charge < -0.3 is 15.3 Å². The molecule has 92 valence electrons. The van der Waals surface area contributed by atoms with Gasteiger partial charge in [0.05, 0.1) is 16.0 Å². The number of nitrogens with zero attached hydrogens (tertiary/aromatic N) is 1. The first-order valence-electron chi connectivity index (χ1n) is 5.41. The van der Waals surface area contributed by atoms with E-state index in [1.54, 1.807) is 17.0 Å². The standard InChI is InChI=1S/C11H14N2O3S/c1-7(14)12-10-3-2-9(17-10)11(16)13-5-4-8(15)6-13/h2-3,8,15H,4-6H2,1H3,(H,12,14)/t8-/m0/s1. The van der Waals surface area contributed by atoms with Crippen molar-refractivity contribution in [2.45, 2.75) is 19.4 Å². The first-order valence-corrected chi connectivity index (χ1v) is 6.22. The fourth-order valence-electron chi connectivity index (χ4n) is 1.78. The van der Waals surface area contributed by atoms with Crippen LogP contribution in [0.3, 0.4) is 0 Å². The summed E-state index contributed by atoms with van der Waals surface area (Å²) in [5.41, 5.74) is 0. The Morgan fingerprint density at radius 3 is 2.88 bits per heavy atom. The normalized spacial score (nSPS) is 19.4. The number of β-amino-alcohol motifs (C(OH)–C–C–N with tert-alkyl or cyclic N) is 1. The molecule has 1 aromatic heterocycles. The first-order chi connectivity index (χ1) is 8.06. The lowest BCUT2D eigenvalue weighted by molar-refractivity contribution is -0.114. The van der Waals surface area contributed by atoms with Gasteiger partial charge in [-0.2, -0.15) is 0 Å². The monoisotopic (exact) mass is 254 g/mol. The van der Waals surface area contributed by atoms with Crippen molar-refractivity contribution >= 4 is 28.2 Å². The van der Waals surface area contributed by atoms with Gasteiger partial charge in [-0.25, -0.2) is 0 Å². The van der Waals surface area contributed by atoms with Crippen LogP contribution >= 0.6 is 11.3 Å². The van der Waals surface area contributed by atoms with Gasteiger partial charge in [0.25, 0.3) is 5.91 Å². The lowest BCUT2D eigenvalue weighted by atomic mass is 10.3. The second-order valence-electron chi connectivity index (χ2n) is 4.04. The molecule has 1 saturated heterocycles. The van der Waals surface area contributed by atoms with E-state index < -0.39 is 6.10 Å². The van der Waals surface area contributed by atoms with Gasteiger partial charge in [-0.15, -0.1) is 11.3 Å². The van der Waals surface area contributed by atoms with E-state index in [-0.39, 0.29) is 11.8 Å². The Morgan fingerprint density at radius 1 is 1.53 bits per heavy atom. The lowest BCUT2D eigenvalue weighted by Gasteiger charge is -2.13. The van der Waals surface area contributed by atoms with Gasteiger partial charge in [0, 0.05) is 20.0 Å². The summed E-state index contributed by atoms with van der Waals surface area (Å²) in [4.78, 5) is 25.1. The van der Waals surface area contributed by atoms with Gasteiger partial charge in [-0.1, -0.05) is 0 Å². The Labute approximate surface area is 103 Å². The predicted molar refractivity (Wildman–Crippen MR) is 65.2 cm³/mol. The van der Waals surface area contributed by atoms with Crippen molar-refractivity contribution in [2.24, 2.45) is 0 Å². The number of aliphatic hydroxyl groups is 1. The van der Waals surface area contributed by atoms with Crippen molar-refractivity contribution in [1.82, 2.24) is 4.90 Å². The van der Waals surface area contributed by atoms with Crippen LogP contribution in [0.5, 0.6) is 0 Å². The number of carbonyl (C=O) groups is 2. The number of rotatable bonds is 2. The molecule has 0 saturated carbocycles. The maximum atomic E-state index is 12.0. The van der Waals surface area contributed by atoms with Crippen LogP contribution in [-0.4, -0.2) is 41.0 Å². The van der Waals surface area contributed by atoms with Gasteiger partial charge in [0.15, 0.2) is 0 Å². The number of thiophene rings is 1. The average molecular weight is 254 g/mol. The average Bonchev–Trinajstić information content (AvgIpc) is 2.85. The highest BCUT2D eigenvalue weighted by atomic mass is 32.1. The van der Waals surface area contributed by atoms with Crippen molar-refractivity contribution in [3.63, 3.8) is 0 Å². The molecule has 0 radical (unpaired) electrons. The third-order valence-electron chi connectivity index (χ3n) is 2.57. The Hall–Kier alpha value is -1.40. The molecular weight excluding hydrogens is 240 g/mol. The van der Waals surface area contributed by atoms with Crippen LogP contribution in [0.15, 0.2) is 12.1 Å². The van der Waals surface area contributed by atoms with Gasteiger partial charge in [0.2, 0.25) is 5.91 Å². The summed E-state index contributed by atoms with van der Waals surface area (Å²) in [6, 6.07) is 3.41. The minimum absolute atomic E-state index is 0.0804. The molecule has 0 spiro atoms. The minimum atomic E-state index is -0.409. The number of hydrogen-bond acceptors (Lipinski definition) is 4. The minimum Gasteiger partial charge on any atom is -0.391 e. The highest BCUT2D eigenvalue weighted by Crippen LogP contribution is 2.24. The third-order valence-corrected chi connectivity index (χ3v) is 3.56. The van der Waals surface area contributed by atoms with Crippen molar-refractivity contribution in [3.8, 4) is 0 Å². The number of likely N-dealkylation sites (tertiary alicyclic amines) is 1. The number of anilines is 1. The maximum absolute atomic E-state index is 12.0. The molecule has 1 aliphatic rings. The largest absolute Gasteiger partial charge is 0.391 e. The Balaban J connectivity index is 2.04. The predicted octanol–water partition coefficient (Wildman–Crippen LogP) is 0.913. The Bertz CT molecular complexity index is 444. The molecule has 6 heteroatoms. The molecule has 1 aromatic rings. The van der Waals surface area contributed by atoms with E-state index in [0.29, 0.717) is 29.4 Å². The Kier molecular flexibility index (Phi) is 3.44. The molecule has 0 bridgehead atoms. The van der Waals surface area contributed by atoms with Crippen LogP contribution in [0, 0.1) is 0 Å². The summed E-state index contributed by atoms with van der Waals surface area (Å²) in [7, 11) is 0. The van der Waals surface area contributed by atoms with Crippen molar-refractivity contribution in [1.29, 1.82) is 0 Å².